The summed E-state index contributed by atoms with van der Waals surface area (Å²) in [4.78, 5) is 5.05. The largest absolute Gasteiger partial charge is 0.323 e. The molecule has 1 aliphatic heterocycles. The van der Waals surface area contributed by atoms with Gasteiger partial charge in [-0.15, -0.1) is 0 Å². The average molecular weight is 275 g/mol. The molecule has 3 nitrogen and oxygen atoms in total. The van der Waals surface area contributed by atoms with E-state index in [1.807, 2.05) is 0 Å². The van der Waals surface area contributed by atoms with E-state index in [1.165, 1.54) is 16.7 Å². The van der Waals surface area contributed by atoms with Crippen LogP contribution in [-0.2, 0) is 0 Å². The molecule has 0 amide bonds. The van der Waals surface area contributed by atoms with Gasteiger partial charge in [-0.25, -0.2) is 0 Å². The maximum absolute atomic E-state index is 6.43. The lowest BCUT2D eigenvalue weighted by atomic mass is 9.99. The summed E-state index contributed by atoms with van der Waals surface area (Å²) in [6.07, 6.45) is 0. The summed E-state index contributed by atoms with van der Waals surface area (Å²) in [5.41, 5.74) is 10.3. The van der Waals surface area contributed by atoms with E-state index >= 15 is 0 Å². The summed E-state index contributed by atoms with van der Waals surface area (Å²) >= 11 is 0. The minimum Gasteiger partial charge on any atom is -0.323 e. The van der Waals surface area contributed by atoms with Crippen LogP contribution in [0.2, 0.25) is 0 Å². The minimum absolute atomic E-state index is 0.125. The molecular weight excluding hydrogens is 246 g/mol. The van der Waals surface area contributed by atoms with Crippen LogP contribution in [0.5, 0.6) is 0 Å². The van der Waals surface area contributed by atoms with Crippen LogP contribution in [0, 0.1) is 13.8 Å². The van der Waals surface area contributed by atoms with E-state index in [2.05, 4.69) is 55.7 Å². The zero-order chi connectivity index (χ0) is 14.7. The van der Waals surface area contributed by atoms with Crippen LogP contribution in [0.1, 0.15) is 36.6 Å². The number of benzene rings is 1. The van der Waals surface area contributed by atoms with E-state index in [9.17, 15) is 0 Å². The number of nitrogens with zero attached hydrogens (tertiary/aromatic N) is 2. The number of aryl methyl sites for hydroxylation is 2. The molecule has 1 fully saturated rings. The standard InChI is InChI=1S/C17H29N3/c1-13(2)20-9-7-19(8-10-20)12-17(18)16-11-14(3)5-6-15(16)4/h5-6,11,13,17H,7-10,12,18H2,1-4H3. The van der Waals surface area contributed by atoms with Gasteiger partial charge in [0, 0.05) is 44.8 Å². The fourth-order valence-electron chi connectivity index (χ4n) is 3.00. The molecule has 2 rings (SSSR count). The Labute approximate surface area is 123 Å². The van der Waals surface area contributed by atoms with Crippen molar-refractivity contribution in [2.45, 2.75) is 39.8 Å². The Morgan fingerprint density at radius 1 is 1.10 bits per heavy atom. The lowest BCUT2D eigenvalue weighted by molar-refractivity contribution is 0.104. The quantitative estimate of drug-likeness (QED) is 0.915. The summed E-state index contributed by atoms with van der Waals surface area (Å²) < 4.78 is 0. The molecule has 2 N–H and O–H groups in total. The molecule has 0 aromatic heterocycles. The molecule has 1 atom stereocenters. The molecule has 0 spiro atoms. The number of hydrogen-bond acceptors (Lipinski definition) is 3. The van der Waals surface area contributed by atoms with Gasteiger partial charge in [-0.1, -0.05) is 23.8 Å². The number of nitrogens with two attached hydrogens (primary N) is 1. The summed E-state index contributed by atoms with van der Waals surface area (Å²) in [6, 6.07) is 7.36. The molecule has 1 heterocycles. The van der Waals surface area contributed by atoms with Crippen molar-refractivity contribution in [3.8, 4) is 0 Å². The van der Waals surface area contributed by atoms with Gasteiger partial charge in [0.05, 0.1) is 0 Å². The van der Waals surface area contributed by atoms with E-state index in [0.29, 0.717) is 6.04 Å². The highest BCUT2D eigenvalue weighted by molar-refractivity contribution is 5.33. The fourth-order valence-corrected chi connectivity index (χ4v) is 3.00. The van der Waals surface area contributed by atoms with Crippen LogP contribution < -0.4 is 5.73 Å². The molecule has 1 aromatic rings. The van der Waals surface area contributed by atoms with E-state index in [0.717, 1.165) is 32.7 Å². The molecule has 1 aliphatic rings. The molecule has 112 valence electrons. The molecule has 0 aliphatic carbocycles. The van der Waals surface area contributed by atoms with Crippen LogP contribution >= 0.6 is 0 Å². The first-order valence-electron chi connectivity index (χ1n) is 7.76. The average Bonchev–Trinajstić information content (AvgIpc) is 2.42. The third kappa shape index (κ3) is 3.81. The molecule has 0 saturated carbocycles. The van der Waals surface area contributed by atoms with E-state index in [1.54, 1.807) is 0 Å². The van der Waals surface area contributed by atoms with Gasteiger partial charge in [0.2, 0.25) is 0 Å². The van der Waals surface area contributed by atoms with Gasteiger partial charge in [0.1, 0.15) is 0 Å². The van der Waals surface area contributed by atoms with Crippen molar-refractivity contribution in [2.24, 2.45) is 5.73 Å². The molecule has 0 radical (unpaired) electrons. The van der Waals surface area contributed by atoms with Crippen molar-refractivity contribution in [2.75, 3.05) is 32.7 Å². The fraction of sp³-hybridized carbons (Fsp3) is 0.647. The SMILES string of the molecule is Cc1ccc(C)c(C(N)CN2CCN(C(C)C)CC2)c1. The highest BCUT2D eigenvalue weighted by Gasteiger charge is 2.21. The first kappa shape index (κ1) is 15.5. The molecule has 1 unspecified atom stereocenters. The van der Waals surface area contributed by atoms with Gasteiger partial charge < -0.3 is 5.73 Å². The monoisotopic (exact) mass is 275 g/mol. The highest BCUT2D eigenvalue weighted by atomic mass is 15.3. The van der Waals surface area contributed by atoms with Gasteiger partial charge in [-0.05, 0) is 38.8 Å². The van der Waals surface area contributed by atoms with Crippen molar-refractivity contribution in [1.29, 1.82) is 0 Å². The molecule has 1 aromatic carbocycles. The first-order chi connectivity index (χ1) is 9.47. The lowest BCUT2D eigenvalue weighted by Crippen LogP contribution is -2.50. The minimum atomic E-state index is 0.125. The van der Waals surface area contributed by atoms with Crippen LogP contribution in [0.4, 0.5) is 0 Å². The molecule has 0 bridgehead atoms. The molecule has 3 heteroatoms. The maximum atomic E-state index is 6.43. The molecule has 20 heavy (non-hydrogen) atoms. The van der Waals surface area contributed by atoms with Gasteiger partial charge in [-0.2, -0.15) is 0 Å². The van der Waals surface area contributed by atoms with E-state index in [4.69, 9.17) is 5.73 Å². The Morgan fingerprint density at radius 2 is 1.75 bits per heavy atom. The summed E-state index contributed by atoms with van der Waals surface area (Å²) in [5, 5.41) is 0. The Balaban J connectivity index is 1.92. The summed E-state index contributed by atoms with van der Waals surface area (Å²) in [6.45, 7) is 14.4. The first-order valence-corrected chi connectivity index (χ1v) is 7.76. The second-order valence-corrected chi connectivity index (χ2v) is 6.40. The maximum Gasteiger partial charge on any atom is 0.0427 e. The molecule has 1 saturated heterocycles. The van der Waals surface area contributed by atoms with Crippen molar-refractivity contribution in [3.63, 3.8) is 0 Å². The van der Waals surface area contributed by atoms with Crippen LogP contribution in [0.15, 0.2) is 18.2 Å². The molecular formula is C17H29N3. The Bertz CT molecular complexity index is 434. The smallest absolute Gasteiger partial charge is 0.0427 e. The van der Waals surface area contributed by atoms with Crippen molar-refractivity contribution in [1.82, 2.24) is 9.80 Å². The summed E-state index contributed by atoms with van der Waals surface area (Å²) in [7, 11) is 0. The topological polar surface area (TPSA) is 32.5 Å². The predicted molar refractivity (Wildman–Crippen MR) is 86.0 cm³/mol. The van der Waals surface area contributed by atoms with Gasteiger partial charge >= 0.3 is 0 Å². The Morgan fingerprint density at radius 3 is 2.35 bits per heavy atom. The van der Waals surface area contributed by atoms with Gasteiger partial charge in [0.15, 0.2) is 0 Å². The number of hydrogen-bond donors (Lipinski definition) is 1. The highest BCUT2D eigenvalue weighted by Crippen LogP contribution is 2.19. The second-order valence-electron chi connectivity index (χ2n) is 6.40. The number of piperazine rings is 1. The van der Waals surface area contributed by atoms with Gasteiger partial charge in [-0.3, -0.25) is 9.80 Å². The zero-order valence-corrected chi connectivity index (χ0v) is 13.4. The van der Waals surface area contributed by atoms with Crippen molar-refractivity contribution >= 4 is 0 Å². The second kappa shape index (κ2) is 6.70. The third-order valence-corrected chi connectivity index (χ3v) is 4.43. The lowest BCUT2D eigenvalue weighted by Gasteiger charge is -2.38. The van der Waals surface area contributed by atoms with Gasteiger partial charge in [0.25, 0.3) is 0 Å². The third-order valence-electron chi connectivity index (χ3n) is 4.43. The number of rotatable bonds is 4. The predicted octanol–water partition coefficient (Wildman–Crippen LogP) is 2.33. The summed E-state index contributed by atoms with van der Waals surface area (Å²) in [5.74, 6) is 0. The van der Waals surface area contributed by atoms with E-state index < -0.39 is 0 Å². The Kier molecular flexibility index (Phi) is 5.19. The van der Waals surface area contributed by atoms with Crippen molar-refractivity contribution in [3.05, 3.63) is 34.9 Å². The Hall–Kier alpha value is -0.900. The van der Waals surface area contributed by atoms with Crippen LogP contribution in [0.25, 0.3) is 0 Å². The zero-order valence-electron chi connectivity index (χ0n) is 13.4. The van der Waals surface area contributed by atoms with E-state index in [-0.39, 0.29) is 6.04 Å². The van der Waals surface area contributed by atoms with Crippen molar-refractivity contribution < 1.29 is 0 Å². The normalized spacial score (nSPS) is 19.5. The van der Waals surface area contributed by atoms with Crippen LogP contribution in [-0.4, -0.2) is 48.6 Å². The van der Waals surface area contributed by atoms with Crippen LogP contribution in [0.3, 0.4) is 0 Å².